The maximum absolute atomic E-state index is 11.7. The molecular weight excluding hydrogens is 220 g/mol. The van der Waals surface area contributed by atoms with Crippen LogP contribution in [-0.2, 0) is 0 Å². The number of carbonyl (C=O) groups excluding carboxylic acids is 1. The molecule has 0 aromatic heterocycles. The van der Waals surface area contributed by atoms with Gasteiger partial charge in [-0.1, -0.05) is 0 Å². The second-order valence-electron chi connectivity index (χ2n) is 3.23. The van der Waals surface area contributed by atoms with Crippen LogP contribution in [0.3, 0.4) is 0 Å². The molecule has 0 saturated heterocycles. The van der Waals surface area contributed by atoms with E-state index >= 15 is 0 Å². The second-order valence-corrected chi connectivity index (χ2v) is 3.23. The molecule has 0 aliphatic carbocycles. The van der Waals surface area contributed by atoms with E-state index in [0.717, 1.165) is 0 Å². The SMILES string of the molecule is COc1ccc(C(=O)NCCC#N)cc1OC. The number of carbonyl (C=O) groups is 1. The number of nitriles is 1. The van der Waals surface area contributed by atoms with E-state index in [1.165, 1.54) is 14.2 Å². The largest absolute Gasteiger partial charge is 0.493 e. The molecule has 1 aromatic carbocycles. The summed E-state index contributed by atoms with van der Waals surface area (Å²) in [5.74, 6) is 0.836. The minimum Gasteiger partial charge on any atom is -0.493 e. The zero-order valence-electron chi connectivity index (χ0n) is 9.82. The Balaban J connectivity index is 2.78. The number of benzene rings is 1. The summed E-state index contributed by atoms with van der Waals surface area (Å²) in [7, 11) is 3.04. The van der Waals surface area contributed by atoms with Gasteiger partial charge in [-0.05, 0) is 18.2 Å². The number of nitrogens with one attached hydrogen (secondary N) is 1. The van der Waals surface area contributed by atoms with Crippen LogP contribution in [0.15, 0.2) is 18.2 Å². The van der Waals surface area contributed by atoms with Crippen molar-refractivity contribution >= 4 is 5.91 Å². The van der Waals surface area contributed by atoms with Gasteiger partial charge in [-0.25, -0.2) is 0 Å². The zero-order chi connectivity index (χ0) is 12.7. The van der Waals surface area contributed by atoms with Crippen molar-refractivity contribution in [3.05, 3.63) is 23.8 Å². The normalized spacial score (nSPS) is 9.24. The first-order chi connectivity index (χ1) is 8.22. The van der Waals surface area contributed by atoms with Crippen molar-refractivity contribution in [3.8, 4) is 17.6 Å². The number of methoxy groups -OCH3 is 2. The van der Waals surface area contributed by atoms with E-state index in [-0.39, 0.29) is 5.91 Å². The van der Waals surface area contributed by atoms with Gasteiger partial charge < -0.3 is 14.8 Å². The third-order valence-electron chi connectivity index (χ3n) is 2.17. The maximum atomic E-state index is 11.7. The highest BCUT2D eigenvalue weighted by atomic mass is 16.5. The van der Waals surface area contributed by atoms with Crippen LogP contribution in [0, 0.1) is 11.3 Å². The Labute approximate surface area is 100.0 Å². The van der Waals surface area contributed by atoms with Crippen LogP contribution in [0.4, 0.5) is 0 Å². The summed E-state index contributed by atoms with van der Waals surface area (Å²) in [6.45, 7) is 0.337. The molecule has 1 aromatic rings. The van der Waals surface area contributed by atoms with Crippen LogP contribution in [0.2, 0.25) is 0 Å². The quantitative estimate of drug-likeness (QED) is 0.780. The smallest absolute Gasteiger partial charge is 0.251 e. The van der Waals surface area contributed by atoms with Crippen molar-refractivity contribution in [3.63, 3.8) is 0 Å². The third-order valence-corrected chi connectivity index (χ3v) is 2.17. The van der Waals surface area contributed by atoms with Crippen LogP contribution >= 0.6 is 0 Å². The van der Waals surface area contributed by atoms with Gasteiger partial charge in [0.15, 0.2) is 11.5 Å². The van der Waals surface area contributed by atoms with Crippen molar-refractivity contribution in [1.82, 2.24) is 5.32 Å². The number of hydrogen-bond acceptors (Lipinski definition) is 4. The van der Waals surface area contributed by atoms with E-state index in [9.17, 15) is 4.79 Å². The van der Waals surface area contributed by atoms with Crippen molar-refractivity contribution in [2.24, 2.45) is 0 Å². The molecular formula is C12H14N2O3. The molecule has 5 heteroatoms. The van der Waals surface area contributed by atoms with Gasteiger partial charge in [0, 0.05) is 12.1 Å². The summed E-state index contributed by atoms with van der Waals surface area (Å²) in [4.78, 5) is 11.7. The molecule has 5 nitrogen and oxygen atoms in total. The predicted octanol–water partition coefficient (Wildman–Crippen LogP) is 1.35. The maximum Gasteiger partial charge on any atom is 0.251 e. The fraction of sp³-hybridized carbons (Fsp3) is 0.333. The summed E-state index contributed by atoms with van der Waals surface area (Å²) in [5.41, 5.74) is 0.473. The lowest BCUT2D eigenvalue weighted by Gasteiger charge is -2.09. The van der Waals surface area contributed by atoms with Crippen molar-refractivity contribution in [2.75, 3.05) is 20.8 Å². The Kier molecular flexibility index (Phi) is 4.82. The summed E-state index contributed by atoms with van der Waals surface area (Å²) in [5, 5.41) is 11.0. The van der Waals surface area contributed by atoms with Gasteiger partial charge in [0.2, 0.25) is 0 Å². The number of rotatable bonds is 5. The summed E-state index contributed by atoms with van der Waals surface area (Å²) in [6, 6.07) is 6.86. The topological polar surface area (TPSA) is 71.3 Å². The summed E-state index contributed by atoms with van der Waals surface area (Å²) < 4.78 is 10.2. The number of hydrogen-bond donors (Lipinski definition) is 1. The van der Waals surface area contributed by atoms with Crippen molar-refractivity contribution in [2.45, 2.75) is 6.42 Å². The van der Waals surface area contributed by atoms with Gasteiger partial charge in [0.1, 0.15) is 0 Å². The van der Waals surface area contributed by atoms with E-state index in [0.29, 0.717) is 30.0 Å². The number of amides is 1. The Bertz CT molecular complexity index is 438. The van der Waals surface area contributed by atoms with Crippen LogP contribution in [0.1, 0.15) is 16.8 Å². The fourth-order valence-corrected chi connectivity index (χ4v) is 1.31. The van der Waals surface area contributed by atoms with Gasteiger partial charge in [-0.15, -0.1) is 0 Å². The van der Waals surface area contributed by atoms with Gasteiger partial charge in [0.25, 0.3) is 5.91 Å². The highest BCUT2D eigenvalue weighted by Gasteiger charge is 2.09. The zero-order valence-corrected chi connectivity index (χ0v) is 9.82. The Morgan fingerprint density at radius 1 is 1.35 bits per heavy atom. The Morgan fingerprint density at radius 2 is 2.06 bits per heavy atom. The van der Waals surface area contributed by atoms with E-state index in [1.54, 1.807) is 18.2 Å². The first-order valence-corrected chi connectivity index (χ1v) is 5.10. The minimum absolute atomic E-state index is 0.235. The average molecular weight is 234 g/mol. The summed E-state index contributed by atoms with van der Waals surface area (Å²) in [6.07, 6.45) is 0.291. The van der Waals surface area contributed by atoms with E-state index in [2.05, 4.69) is 5.32 Å². The van der Waals surface area contributed by atoms with Crippen LogP contribution < -0.4 is 14.8 Å². The Morgan fingerprint density at radius 3 is 2.65 bits per heavy atom. The molecule has 0 spiro atoms. The molecule has 1 N–H and O–H groups in total. The van der Waals surface area contributed by atoms with Gasteiger partial charge in [-0.3, -0.25) is 4.79 Å². The molecule has 17 heavy (non-hydrogen) atoms. The number of ether oxygens (including phenoxy) is 2. The van der Waals surface area contributed by atoms with Gasteiger partial charge in [0.05, 0.1) is 26.7 Å². The molecule has 0 atom stereocenters. The molecule has 0 unspecified atom stereocenters. The molecule has 0 radical (unpaired) electrons. The third kappa shape index (κ3) is 3.38. The monoisotopic (exact) mass is 234 g/mol. The lowest BCUT2D eigenvalue weighted by molar-refractivity contribution is 0.0954. The van der Waals surface area contributed by atoms with E-state index < -0.39 is 0 Å². The summed E-state index contributed by atoms with van der Waals surface area (Å²) >= 11 is 0. The second kappa shape index (κ2) is 6.38. The van der Waals surface area contributed by atoms with E-state index in [4.69, 9.17) is 14.7 Å². The average Bonchev–Trinajstić information content (AvgIpc) is 2.38. The minimum atomic E-state index is -0.235. The molecule has 0 aliphatic rings. The van der Waals surface area contributed by atoms with Crippen LogP contribution in [0.25, 0.3) is 0 Å². The standard InChI is InChI=1S/C12H14N2O3/c1-16-10-5-4-9(8-11(10)17-2)12(15)14-7-3-6-13/h4-5,8H,3,7H2,1-2H3,(H,14,15). The molecule has 0 aliphatic heterocycles. The lowest BCUT2D eigenvalue weighted by Crippen LogP contribution is -2.24. The molecule has 1 rings (SSSR count). The van der Waals surface area contributed by atoms with E-state index in [1.807, 2.05) is 6.07 Å². The Hall–Kier alpha value is -2.22. The van der Waals surface area contributed by atoms with Crippen LogP contribution in [0.5, 0.6) is 11.5 Å². The molecule has 0 saturated carbocycles. The highest BCUT2D eigenvalue weighted by Crippen LogP contribution is 2.27. The molecule has 1 amide bonds. The fourth-order valence-electron chi connectivity index (χ4n) is 1.31. The first-order valence-electron chi connectivity index (χ1n) is 5.10. The molecule has 0 heterocycles. The lowest BCUT2D eigenvalue weighted by atomic mass is 10.2. The first kappa shape index (κ1) is 12.8. The molecule has 90 valence electrons. The van der Waals surface area contributed by atoms with Crippen molar-refractivity contribution < 1.29 is 14.3 Å². The molecule has 0 fully saturated rings. The van der Waals surface area contributed by atoms with Gasteiger partial charge >= 0.3 is 0 Å². The predicted molar refractivity (Wildman–Crippen MR) is 62.1 cm³/mol. The highest BCUT2D eigenvalue weighted by molar-refractivity contribution is 5.94. The van der Waals surface area contributed by atoms with Crippen LogP contribution in [-0.4, -0.2) is 26.7 Å². The molecule has 0 bridgehead atoms. The number of nitrogens with zero attached hydrogens (tertiary/aromatic N) is 1. The van der Waals surface area contributed by atoms with Crippen molar-refractivity contribution in [1.29, 1.82) is 5.26 Å². The van der Waals surface area contributed by atoms with Gasteiger partial charge in [-0.2, -0.15) is 5.26 Å².